The molecule has 1 heterocycles. The fourth-order valence-electron chi connectivity index (χ4n) is 2.64. The Hall–Kier alpha value is -3.62. The first-order valence-corrected chi connectivity index (χ1v) is 9.39. The van der Waals surface area contributed by atoms with Gasteiger partial charge >= 0.3 is 0 Å². The van der Waals surface area contributed by atoms with Crippen molar-refractivity contribution in [2.45, 2.75) is 6.92 Å². The van der Waals surface area contributed by atoms with Gasteiger partial charge in [0.15, 0.2) is 28.8 Å². The minimum absolute atomic E-state index is 0.120. The lowest BCUT2D eigenvalue weighted by molar-refractivity contribution is 0.0951. The summed E-state index contributed by atoms with van der Waals surface area (Å²) >= 11 is 0. The Morgan fingerprint density at radius 3 is 2.67 bits per heavy atom. The van der Waals surface area contributed by atoms with Crippen molar-refractivity contribution in [2.24, 2.45) is 7.05 Å². The number of anilines is 1. The molecule has 0 spiro atoms. The van der Waals surface area contributed by atoms with Crippen molar-refractivity contribution in [3.05, 3.63) is 35.3 Å². The van der Waals surface area contributed by atoms with Gasteiger partial charge in [0.2, 0.25) is 0 Å². The van der Waals surface area contributed by atoms with Crippen LogP contribution in [0.3, 0.4) is 0 Å². The number of terminal acetylenes is 1. The summed E-state index contributed by atoms with van der Waals surface area (Å²) in [5.74, 6) is 10.1. The van der Waals surface area contributed by atoms with Crippen molar-refractivity contribution in [2.75, 3.05) is 45.8 Å². The highest BCUT2D eigenvalue weighted by Gasteiger charge is 2.20. The van der Waals surface area contributed by atoms with Crippen LogP contribution in [0, 0.1) is 24.2 Å². The van der Waals surface area contributed by atoms with Crippen molar-refractivity contribution in [1.82, 2.24) is 14.9 Å². The van der Waals surface area contributed by atoms with E-state index in [0.29, 0.717) is 48.6 Å². The first kappa shape index (κ1) is 22.7. The van der Waals surface area contributed by atoms with E-state index in [2.05, 4.69) is 33.4 Å². The minimum atomic E-state index is -0.332. The normalized spacial score (nSPS) is 9.83. The average molecular weight is 410 g/mol. The number of ether oxygens (including phenoxy) is 3. The van der Waals surface area contributed by atoms with Gasteiger partial charge < -0.3 is 29.4 Å². The van der Waals surface area contributed by atoms with Crippen LogP contribution in [-0.4, -0.2) is 56.0 Å². The highest BCUT2D eigenvalue weighted by atomic mass is 16.5. The summed E-state index contributed by atoms with van der Waals surface area (Å²) in [5, 5.41) is 5.78. The Morgan fingerprint density at radius 2 is 2.00 bits per heavy atom. The number of nitrogens with one attached hydrogen (secondary N) is 2. The molecule has 0 bridgehead atoms. The lowest BCUT2D eigenvalue weighted by Gasteiger charge is -2.08. The molecule has 0 aliphatic carbocycles. The first-order chi connectivity index (χ1) is 14.5. The quantitative estimate of drug-likeness (QED) is 0.483. The van der Waals surface area contributed by atoms with E-state index in [0.717, 1.165) is 5.56 Å². The van der Waals surface area contributed by atoms with Crippen molar-refractivity contribution in [3.63, 3.8) is 0 Å². The van der Waals surface area contributed by atoms with Crippen LogP contribution in [0.15, 0.2) is 18.2 Å². The number of aromatic nitrogens is 2. The van der Waals surface area contributed by atoms with Crippen LogP contribution in [0.1, 0.15) is 28.8 Å². The number of nitrogens with zero attached hydrogens (tertiary/aromatic N) is 2. The molecule has 8 heteroatoms. The first-order valence-electron chi connectivity index (χ1n) is 9.39. The van der Waals surface area contributed by atoms with E-state index in [4.69, 9.17) is 20.6 Å². The molecule has 0 unspecified atom stereocenters. The largest absolute Gasteiger partial charge is 0.493 e. The predicted octanol–water partition coefficient (Wildman–Crippen LogP) is 1.65. The molecular weight excluding hydrogens is 384 g/mol. The molecular formula is C22H26N4O4. The molecule has 8 nitrogen and oxygen atoms in total. The number of imidazole rings is 1. The molecule has 2 N–H and O–H groups in total. The predicted molar refractivity (Wildman–Crippen MR) is 115 cm³/mol. The zero-order valence-electron chi connectivity index (χ0n) is 17.7. The number of hydrogen-bond donors (Lipinski definition) is 2. The van der Waals surface area contributed by atoms with Crippen molar-refractivity contribution >= 4 is 11.7 Å². The van der Waals surface area contributed by atoms with E-state index in [-0.39, 0.29) is 12.5 Å². The molecule has 1 amide bonds. The maximum absolute atomic E-state index is 12.6. The molecule has 0 saturated heterocycles. The van der Waals surface area contributed by atoms with E-state index < -0.39 is 0 Å². The molecule has 30 heavy (non-hydrogen) atoms. The third-order valence-corrected chi connectivity index (χ3v) is 4.11. The Labute approximate surface area is 176 Å². The lowest BCUT2D eigenvalue weighted by atomic mass is 10.2. The van der Waals surface area contributed by atoms with E-state index >= 15 is 0 Å². The van der Waals surface area contributed by atoms with Crippen LogP contribution in [0.2, 0.25) is 0 Å². The van der Waals surface area contributed by atoms with Crippen LogP contribution in [0.4, 0.5) is 5.82 Å². The number of benzene rings is 1. The molecule has 0 saturated carbocycles. The second-order valence-corrected chi connectivity index (χ2v) is 6.02. The molecule has 0 fully saturated rings. The van der Waals surface area contributed by atoms with E-state index in [1.807, 2.05) is 13.0 Å². The van der Waals surface area contributed by atoms with Gasteiger partial charge in [0, 0.05) is 25.8 Å². The van der Waals surface area contributed by atoms with Gasteiger partial charge in [-0.05, 0) is 31.0 Å². The van der Waals surface area contributed by atoms with Crippen LogP contribution >= 0.6 is 0 Å². The van der Waals surface area contributed by atoms with Gasteiger partial charge in [0.1, 0.15) is 0 Å². The summed E-state index contributed by atoms with van der Waals surface area (Å²) in [5.41, 5.74) is 1.07. The van der Waals surface area contributed by atoms with Gasteiger partial charge in [0.05, 0.1) is 27.4 Å². The van der Waals surface area contributed by atoms with Gasteiger partial charge in [0.25, 0.3) is 5.91 Å². The Kier molecular flexibility index (Phi) is 8.61. The molecule has 1 aromatic heterocycles. The highest BCUT2D eigenvalue weighted by Crippen LogP contribution is 2.27. The molecule has 2 rings (SSSR count). The summed E-state index contributed by atoms with van der Waals surface area (Å²) < 4.78 is 17.5. The third-order valence-electron chi connectivity index (χ3n) is 4.11. The summed E-state index contributed by atoms with van der Waals surface area (Å²) in [4.78, 5) is 17.0. The maximum atomic E-state index is 12.6. The molecule has 158 valence electrons. The monoisotopic (exact) mass is 410 g/mol. The third kappa shape index (κ3) is 5.69. The highest BCUT2D eigenvalue weighted by molar-refractivity contribution is 5.97. The standard InChI is InChI=1S/C22H26N4O4/c1-6-12-24-22(27)20-21(23-13-14-30-7-2)25-19(26(20)3)11-9-16-8-10-17(28-4)18(15-16)29-5/h1,8,10,15,23H,7,12-14H2,2-5H3,(H,24,27). The summed E-state index contributed by atoms with van der Waals surface area (Å²) in [7, 11) is 4.86. The Bertz CT molecular complexity index is 979. The second-order valence-electron chi connectivity index (χ2n) is 6.02. The second kappa shape index (κ2) is 11.4. The van der Waals surface area contributed by atoms with Crippen molar-refractivity contribution < 1.29 is 19.0 Å². The molecule has 2 aromatic rings. The Balaban J connectivity index is 2.34. The van der Waals surface area contributed by atoms with E-state index in [1.54, 1.807) is 38.0 Å². The minimum Gasteiger partial charge on any atom is -0.493 e. The molecule has 1 aromatic carbocycles. The van der Waals surface area contributed by atoms with Crippen LogP contribution < -0.4 is 20.1 Å². The van der Waals surface area contributed by atoms with Gasteiger partial charge in [-0.2, -0.15) is 0 Å². The number of methoxy groups -OCH3 is 2. The number of carbonyl (C=O) groups is 1. The zero-order valence-corrected chi connectivity index (χ0v) is 17.7. The number of carbonyl (C=O) groups excluding carboxylic acids is 1. The molecule has 0 aliphatic rings. The maximum Gasteiger partial charge on any atom is 0.272 e. The van der Waals surface area contributed by atoms with Gasteiger partial charge in [-0.15, -0.1) is 6.42 Å². The van der Waals surface area contributed by atoms with Crippen molar-refractivity contribution in [1.29, 1.82) is 0 Å². The SMILES string of the molecule is C#CCNC(=O)c1c(NCCOCC)nc(C#Cc2ccc(OC)c(OC)c2)n1C. The summed E-state index contributed by atoms with van der Waals surface area (Å²) in [6.07, 6.45) is 5.25. The number of amides is 1. The average Bonchev–Trinajstić information content (AvgIpc) is 3.08. The van der Waals surface area contributed by atoms with Crippen LogP contribution in [0.25, 0.3) is 0 Å². The Morgan fingerprint density at radius 1 is 1.23 bits per heavy atom. The molecule has 0 atom stereocenters. The molecule has 0 radical (unpaired) electrons. The fraction of sp³-hybridized carbons (Fsp3) is 0.364. The zero-order chi connectivity index (χ0) is 21.9. The molecule has 0 aliphatic heterocycles. The van der Waals surface area contributed by atoms with Gasteiger partial charge in [-0.25, -0.2) is 4.98 Å². The van der Waals surface area contributed by atoms with Crippen molar-refractivity contribution in [3.8, 4) is 35.7 Å². The smallest absolute Gasteiger partial charge is 0.272 e. The number of rotatable bonds is 9. The lowest BCUT2D eigenvalue weighted by Crippen LogP contribution is -2.27. The fourth-order valence-corrected chi connectivity index (χ4v) is 2.64. The topological polar surface area (TPSA) is 86.6 Å². The van der Waals surface area contributed by atoms with E-state index in [1.165, 1.54) is 0 Å². The number of hydrogen-bond acceptors (Lipinski definition) is 6. The summed E-state index contributed by atoms with van der Waals surface area (Å²) in [6.45, 7) is 3.64. The van der Waals surface area contributed by atoms with Crippen LogP contribution in [-0.2, 0) is 11.8 Å². The summed E-state index contributed by atoms with van der Waals surface area (Å²) in [6, 6.07) is 5.37. The van der Waals surface area contributed by atoms with Gasteiger partial charge in [-0.3, -0.25) is 4.79 Å². The van der Waals surface area contributed by atoms with E-state index in [9.17, 15) is 4.79 Å². The van der Waals surface area contributed by atoms with Gasteiger partial charge in [-0.1, -0.05) is 11.8 Å². The van der Waals surface area contributed by atoms with Crippen LogP contribution in [0.5, 0.6) is 11.5 Å².